The SMILES string of the molecule is Cc1cn([C@@H]2C[C@H](F)[C@@H](COCc3ccccc3)O2)c(=O)[nH]c1=O. The summed E-state index contributed by atoms with van der Waals surface area (Å²) in [6.07, 6.45) is -1.27. The van der Waals surface area contributed by atoms with Crippen LogP contribution >= 0.6 is 0 Å². The molecule has 2 heterocycles. The third kappa shape index (κ3) is 3.63. The Hall–Kier alpha value is -2.25. The zero-order valence-electron chi connectivity index (χ0n) is 13.3. The van der Waals surface area contributed by atoms with Crippen LogP contribution in [-0.4, -0.2) is 28.4 Å². The lowest BCUT2D eigenvalue weighted by atomic mass is 10.2. The van der Waals surface area contributed by atoms with Crippen molar-refractivity contribution in [3.8, 4) is 0 Å². The van der Waals surface area contributed by atoms with Crippen molar-refractivity contribution in [1.29, 1.82) is 0 Å². The fourth-order valence-corrected chi connectivity index (χ4v) is 2.68. The summed E-state index contributed by atoms with van der Waals surface area (Å²) in [6, 6.07) is 9.57. The fraction of sp³-hybridized carbons (Fsp3) is 0.412. The summed E-state index contributed by atoms with van der Waals surface area (Å²) in [6.45, 7) is 2.05. The third-order valence-electron chi connectivity index (χ3n) is 4.01. The first-order valence-corrected chi connectivity index (χ1v) is 7.78. The molecule has 0 saturated carbocycles. The maximum Gasteiger partial charge on any atom is 0.330 e. The first-order valence-electron chi connectivity index (χ1n) is 7.78. The Bertz CT molecular complexity index is 802. The van der Waals surface area contributed by atoms with Crippen LogP contribution in [0.15, 0.2) is 46.1 Å². The molecular weight excluding hydrogens is 315 g/mol. The number of benzene rings is 1. The molecule has 2 aromatic rings. The van der Waals surface area contributed by atoms with Gasteiger partial charge in [-0.1, -0.05) is 30.3 Å². The van der Waals surface area contributed by atoms with Gasteiger partial charge in [0.1, 0.15) is 18.5 Å². The second-order valence-electron chi connectivity index (χ2n) is 5.86. The van der Waals surface area contributed by atoms with Gasteiger partial charge in [-0.3, -0.25) is 14.3 Å². The molecule has 1 fully saturated rings. The molecule has 1 aliphatic heterocycles. The van der Waals surface area contributed by atoms with E-state index in [0.717, 1.165) is 5.56 Å². The van der Waals surface area contributed by atoms with E-state index < -0.39 is 29.8 Å². The lowest BCUT2D eigenvalue weighted by Gasteiger charge is -2.16. The molecular formula is C17H19FN2O4. The lowest BCUT2D eigenvalue weighted by molar-refractivity contribution is -0.0573. The van der Waals surface area contributed by atoms with Crippen molar-refractivity contribution < 1.29 is 13.9 Å². The molecule has 0 amide bonds. The number of nitrogens with one attached hydrogen (secondary N) is 1. The molecule has 1 aromatic carbocycles. The topological polar surface area (TPSA) is 73.3 Å². The summed E-state index contributed by atoms with van der Waals surface area (Å²) in [5.41, 5.74) is 0.315. The Morgan fingerprint density at radius 3 is 2.83 bits per heavy atom. The molecule has 24 heavy (non-hydrogen) atoms. The van der Waals surface area contributed by atoms with Gasteiger partial charge in [-0.25, -0.2) is 9.18 Å². The molecule has 0 aliphatic carbocycles. The molecule has 0 unspecified atom stereocenters. The van der Waals surface area contributed by atoms with Gasteiger partial charge in [-0.15, -0.1) is 0 Å². The zero-order valence-corrected chi connectivity index (χ0v) is 13.3. The lowest BCUT2D eigenvalue weighted by Crippen LogP contribution is -2.33. The maximum absolute atomic E-state index is 14.2. The number of rotatable bonds is 5. The van der Waals surface area contributed by atoms with Crippen molar-refractivity contribution in [2.24, 2.45) is 0 Å². The Labute approximate surface area is 137 Å². The van der Waals surface area contributed by atoms with Crippen LogP contribution in [0.2, 0.25) is 0 Å². The highest BCUT2D eigenvalue weighted by Crippen LogP contribution is 2.30. The second kappa shape index (κ2) is 7.11. The molecule has 1 N–H and O–H groups in total. The van der Waals surface area contributed by atoms with Gasteiger partial charge < -0.3 is 9.47 Å². The summed E-state index contributed by atoms with van der Waals surface area (Å²) < 4.78 is 26.5. The van der Waals surface area contributed by atoms with Gasteiger partial charge in [0.05, 0.1) is 13.2 Å². The summed E-state index contributed by atoms with van der Waals surface area (Å²) in [5.74, 6) is 0. The molecule has 3 atom stereocenters. The van der Waals surface area contributed by atoms with Crippen LogP contribution in [0, 0.1) is 6.92 Å². The van der Waals surface area contributed by atoms with Crippen LogP contribution in [0.3, 0.4) is 0 Å². The van der Waals surface area contributed by atoms with E-state index in [0.29, 0.717) is 12.2 Å². The Kier molecular flexibility index (Phi) is 4.92. The number of ether oxygens (including phenoxy) is 2. The zero-order chi connectivity index (χ0) is 17.1. The van der Waals surface area contributed by atoms with Crippen LogP contribution < -0.4 is 11.2 Å². The molecule has 1 aliphatic rings. The van der Waals surface area contributed by atoms with E-state index in [1.54, 1.807) is 6.92 Å². The van der Waals surface area contributed by atoms with E-state index in [2.05, 4.69) is 4.98 Å². The first-order chi connectivity index (χ1) is 11.5. The molecule has 0 spiro atoms. The summed E-state index contributed by atoms with van der Waals surface area (Å²) >= 11 is 0. The summed E-state index contributed by atoms with van der Waals surface area (Å²) in [7, 11) is 0. The van der Waals surface area contributed by atoms with Crippen molar-refractivity contribution in [2.75, 3.05) is 6.61 Å². The molecule has 7 heteroatoms. The van der Waals surface area contributed by atoms with Crippen molar-refractivity contribution in [2.45, 2.75) is 38.5 Å². The molecule has 1 saturated heterocycles. The van der Waals surface area contributed by atoms with Crippen molar-refractivity contribution >= 4 is 0 Å². The van der Waals surface area contributed by atoms with Gasteiger partial charge in [0.2, 0.25) is 0 Å². The number of aromatic nitrogens is 2. The quantitative estimate of drug-likeness (QED) is 0.903. The molecule has 128 valence electrons. The highest BCUT2D eigenvalue weighted by molar-refractivity contribution is 5.13. The van der Waals surface area contributed by atoms with Crippen molar-refractivity contribution in [3.63, 3.8) is 0 Å². The number of nitrogens with zero attached hydrogens (tertiary/aromatic N) is 1. The number of hydrogen-bond acceptors (Lipinski definition) is 4. The number of halogens is 1. The Morgan fingerprint density at radius 1 is 1.33 bits per heavy atom. The van der Waals surface area contributed by atoms with Crippen LogP contribution in [-0.2, 0) is 16.1 Å². The van der Waals surface area contributed by atoms with Gasteiger partial charge in [0.25, 0.3) is 5.56 Å². The van der Waals surface area contributed by atoms with E-state index in [4.69, 9.17) is 9.47 Å². The molecule has 0 radical (unpaired) electrons. The number of aromatic amines is 1. The number of aryl methyl sites for hydroxylation is 1. The van der Waals surface area contributed by atoms with Crippen molar-refractivity contribution in [1.82, 2.24) is 9.55 Å². The highest BCUT2D eigenvalue weighted by atomic mass is 19.1. The Morgan fingerprint density at radius 2 is 2.08 bits per heavy atom. The minimum absolute atomic E-state index is 0.0464. The van der Waals surface area contributed by atoms with Gasteiger partial charge in [0, 0.05) is 18.2 Å². The average molecular weight is 334 g/mol. The summed E-state index contributed by atoms with van der Waals surface area (Å²) in [5, 5.41) is 0. The molecule has 1 aromatic heterocycles. The standard InChI is InChI=1S/C17H19FN2O4/c1-11-8-20(17(22)19-16(11)21)15-7-13(18)14(24-15)10-23-9-12-5-3-2-4-6-12/h2-6,8,13-15H,7,9-10H2,1H3,(H,19,21,22)/t13-,14+,15-/m0/s1. The predicted molar refractivity (Wildman–Crippen MR) is 85.6 cm³/mol. The molecule has 6 nitrogen and oxygen atoms in total. The van der Waals surface area contributed by atoms with Crippen LogP contribution in [0.4, 0.5) is 4.39 Å². The third-order valence-corrected chi connectivity index (χ3v) is 4.01. The fourth-order valence-electron chi connectivity index (χ4n) is 2.68. The van der Waals surface area contributed by atoms with Crippen LogP contribution in [0.25, 0.3) is 0 Å². The largest absolute Gasteiger partial charge is 0.374 e. The minimum atomic E-state index is -1.23. The first kappa shape index (κ1) is 16.6. The van der Waals surface area contributed by atoms with Gasteiger partial charge in [-0.2, -0.15) is 0 Å². The van der Waals surface area contributed by atoms with Gasteiger partial charge >= 0.3 is 5.69 Å². The van der Waals surface area contributed by atoms with Crippen LogP contribution in [0.5, 0.6) is 0 Å². The van der Waals surface area contributed by atoms with E-state index in [9.17, 15) is 14.0 Å². The number of hydrogen-bond donors (Lipinski definition) is 1. The van der Waals surface area contributed by atoms with Crippen LogP contribution in [0.1, 0.15) is 23.8 Å². The van der Waals surface area contributed by atoms with E-state index in [1.807, 2.05) is 30.3 Å². The number of H-pyrrole nitrogens is 1. The maximum atomic E-state index is 14.2. The Balaban J connectivity index is 1.61. The highest BCUT2D eigenvalue weighted by Gasteiger charge is 2.37. The normalized spacial score (nSPS) is 23.5. The number of alkyl halides is 1. The van der Waals surface area contributed by atoms with Crippen molar-refractivity contribution in [3.05, 3.63) is 68.5 Å². The monoisotopic (exact) mass is 334 g/mol. The summed E-state index contributed by atoms with van der Waals surface area (Å²) in [4.78, 5) is 25.5. The molecule has 3 rings (SSSR count). The van der Waals surface area contributed by atoms with Gasteiger partial charge in [-0.05, 0) is 12.5 Å². The van der Waals surface area contributed by atoms with E-state index >= 15 is 0 Å². The van der Waals surface area contributed by atoms with E-state index in [-0.39, 0.29) is 13.0 Å². The van der Waals surface area contributed by atoms with E-state index in [1.165, 1.54) is 10.8 Å². The molecule has 0 bridgehead atoms. The van der Waals surface area contributed by atoms with Gasteiger partial charge in [0.15, 0.2) is 0 Å². The second-order valence-corrected chi connectivity index (χ2v) is 5.86. The average Bonchev–Trinajstić information content (AvgIpc) is 2.93. The minimum Gasteiger partial charge on any atom is -0.374 e. The predicted octanol–water partition coefficient (Wildman–Crippen LogP) is 1.69. The smallest absolute Gasteiger partial charge is 0.330 e.